The Morgan fingerprint density at radius 3 is 2.90 bits per heavy atom. The van der Waals surface area contributed by atoms with Gasteiger partial charge in [0.1, 0.15) is 5.60 Å². The fourth-order valence-corrected chi connectivity index (χ4v) is 3.33. The van der Waals surface area contributed by atoms with Crippen molar-refractivity contribution in [1.29, 1.82) is 0 Å². The van der Waals surface area contributed by atoms with Crippen molar-refractivity contribution in [2.45, 2.75) is 38.3 Å². The molecule has 1 aliphatic rings. The molecule has 0 radical (unpaired) electrons. The average molecular weight is 292 g/mol. The molecular formula is C15H18ClN3O. The minimum absolute atomic E-state index is 0.138. The second-order valence-corrected chi connectivity index (χ2v) is 6.06. The van der Waals surface area contributed by atoms with E-state index in [2.05, 4.69) is 5.10 Å². The van der Waals surface area contributed by atoms with E-state index >= 15 is 0 Å². The highest BCUT2D eigenvalue weighted by molar-refractivity contribution is 6.31. The summed E-state index contributed by atoms with van der Waals surface area (Å²) in [6, 6.07) is 5.78. The SMILES string of the molecule is CC(C)n1ncc(Cl)c1C1(O)CCc2cc(N)ccc21. The van der Waals surface area contributed by atoms with E-state index in [9.17, 15) is 5.11 Å². The number of hydrogen-bond acceptors (Lipinski definition) is 3. The van der Waals surface area contributed by atoms with Gasteiger partial charge in [0, 0.05) is 11.7 Å². The Bertz CT molecular complexity index is 665. The first-order valence-corrected chi connectivity index (χ1v) is 7.16. The van der Waals surface area contributed by atoms with Gasteiger partial charge in [-0.05, 0) is 49.9 Å². The van der Waals surface area contributed by atoms with E-state index in [1.807, 2.05) is 32.0 Å². The van der Waals surface area contributed by atoms with Crippen molar-refractivity contribution in [2.24, 2.45) is 0 Å². The zero-order chi connectivity index (χ0) is 14.5. The predicted molar refractivity (Wildman–Crippen MR) is 79.8 cm³/mol. The molecule has 1 atom stereocenters. The number of nitrogens with two attached hydrogens (primary N) is 1. The maximum Gasteiger partial charge on any atom is 0.133 e. The Balaban J connectivity index is 2.19. The second kappa shape index (κ2) is 4.50. The fraction of sp³-hybridized carbons (Fsp3) is 0.400. The molecule has 4 nitrogen and oxygen atoms in total. The summed E-state index contributed by atoms with van der Waals surface area (Å²) >= 11 is 6.29. The standard InChI is InChI=1S/C15H18ClN3O/c1-9(2)19-14(13(16)8-18-19)15(20)6-5-10-7-11(17)3-4-12(10)15/h3-4,7-9,20H,5-6,17H2,1-2H3. The highest BCUT2D eigenvalue weighted by Gasteiger charge is 2.42. The van der Waals surface area contributed by atoms with E-state index in [1.165, 1.54) is 0 Å². The maximum absolute atomic E-state index is 11.2. The number of aryl methyl sites for hydroxylation is 1. The van der Waals surface area contributed by atoms with Gasteiger partial charge in [-0.25, -0.2) is 0 Å². The molecule has 1 heterocycles. The third-order valence-corrected chi connectivity index (χ3v) is 4.24. The maximum atomic E-state index is 11.2. The molecule has 0 bridgehead atoms. The topological polar surface area (TPSA) is 64.1 Å². The van der Waals surface area contributed by atoms with Crippen molar-refractivity contribution in [3.05, 3.63) is 46.2 Å². The van der Waals surface area contributed by atoms with Gasteiger partial charge in [-0.15, -0.1) is 0 Å². The quantitative estimate of drug-likeness (QED) is 0.836. The van der Waals surface area contributed by atoms with Gasteiger partial charge < -0.3 is 10.8 Å². The van der Waals surface area contributed by atoms with Crippen LogP contribution in [0.2, 0.25) is 5.02 Å². The molecule has 2 aromatic rings. The van der Waals surface area contributed by atoms with E-state index in [0.29, 0.717) is 17.1 Å². The van der Waals surface area contributed by atoms with Gasteiger partial charge in [0.2, 0.25) is 0 Å². The van der Waals surface area contributed by atoms with Gasteiger partial charge in [0.25, 0.3) is 0 Å². The van der Waals surface area contributed by atoms with Crippen LogP contribution >= 0.6 is 11.6 Å². The number of benzene rings is 1. The van der Waals surface area contributed by atoms with Crippen LogP contribution in [0.4, 0.5) is 5.69 Å². The lowest BCUT2D eigenvalue weighted by Crippen LogP contribution is -2.29. The molecule has 0 aliphatic heterocycles. The summed E-state index contributed by atoms with van der Waals surface area (Å²) in [6.07, 6.45) is 2.99. The van der Waals surface area contributed by atoms with Gasteiger partial charge in [-0.2, -0.15) is 5.10 Å². The first-order chi connectivity index (χ1) is 9.43. The van der Waals surface area contributed by atoms with E-state index in [0.717, 1.165) is 23.2 Å². The summed E-state index contributed by atoms with van der Waals surface area (Å²) in [5.74, 6) is 0. The lowest BCUT2D eigenvalue weighted by Gasteiger charge is -2.27. The van der Waals surface area contributed by atoms with Crippen LogP contribution < -0.4 is 5.73 Å². The van der Waals surface area contributed by atoms with Crippen molar-refractivity contribution >= 4 is 17.3 Å². The lowest BCUT2D eigenvalue weighted by molar-refractivity contribution is 0.0715. The van der Waals surface area contributed by atoms with E-state index < -0.39 is 5.60 Å². The van der Waals surface area contributed by atoms with E-state index in [4.69, 9.17) is 17.3 Å². The molecule has 1 aromatic heterocycles. The van der Waals surface area contributed by atoms with Crippen molar-refractivity contribution in [2.75, 3.05) is 5.73 Å². The molecule has 1 unspecified atom stereocenters. The molecule has 3 N–H and O–H groups in total. The number of halogens is 1. The molecule has 0 saturated carbocycles. The van der Waals surface area contributed by atoms with Crippen LogP contribution in [0.25, 0.3) is 0 Å². The summed E-state index contributed by atoms with van der Waals surface area (Å²) < 4.78 is 1.80. The first-order valence-electron chi connectivity index (χ1n) is 6.78. The Labute approximate surface area is 123 Å². The molecule has 0 saturated heterocycles. The summed E-state index contributed by atoms with van der Waals surface area (Å²) in [7, 11) is 0. The number of nitrogens with zero attached hydrogens (tertiary/aromatic N) is 2. The minimum Gasteiger partial charge on any atom is -0.399 e. The fourth-order valence-electron chi connectivity index (χ4n) is 3.04. The van der Waals surface area contributed by atoms with Gasteiger partial charge in [0.15, 0.2) is 0 Å². The third kappa shape index (κ3) is 1.83. The van der Waals surface area contributed by atoms with Crippen molar-refractivity contribution in [3.8, 4) is 0 Å². The predicted octanol–water partition coefficient (Wildman–Crippen LogP) is 2.88. The van der Waals surface area contributed by atoms with Crippen molar-refractivity contribution in [1.82, 2.24) is 9.78 Å². The first kappa shape index (κ1) is 13.5. The van der Waals surface area contributed by atoms with Crippen molar-refractivity contribution < 1.29 is 5.11 Å². The van der Waals surface area contributed by atoms with Crippen LogP contribution in [0.1, 0.15) is 43.1 Å². The van der Waals surface area contributed by atoms with E-state index in [1.54, 1.807) is 10.9 Å². The molecule has 0 spiro atoms. The third-order valence-electron chi connectivity index (χ3n) is 3.96. The number of rotatable bonds is 2. The molecule has 0 amide bonds. The van der Waals surface area contributed by atoms with Crippen LogP contribution in [-0.4, -0.2) is 14.9 Å². The van der Waals surface area contributed by atoms with Gasteiger partial charge in [0.05, 0.1) is 16.9 Å². The number of aromatic nitrogens is 2. The lowest BCUT2D eigenvalue weighted by atomic mass is 9.91. The molecular weight excluding hydrogens is 274 g/mol. The minimum atomic E-state index is -1.08. The largest absolute Gasteiger partial charge is 0.399 e. The Morgan fingerprint density at radius 2 is 2.20 bits per heavy atom. The van der Waals surface area contributed by atoms with Gasteiger partial charge in [-0.1, -0.05) is 17.7 Å². The van der Waals surface area contributed by atoms with Crippen LogP contribution in [0.5, 0.6) is 0 Å². The number of aliphatic hydroxyl groups is 1. The smallest absolute Gasteiger partial charge is 0.133 e. The normalized spacial score (nSPS) is 21.4. The molecule has 5 heteroatoms. The van der Waals surface area contributed by atoms with Crippen LogP contribution in [-0.2, 0) is 12.0 Å². The molecule has 1 aromatic carbocycles. The van der Waals surface area contributed by atoms with Crippen LogP contribution in [0.3, 0.4) is 0 Å². The summed E-state index contributed by atoms with van der Waals surface area (Å²) in [6.45, 7) is 4.05. The van der Waals surface area contributed by atoms with Crippen molar-refractivity contribution in [3.63, 3.8) is 0 Å². The highest BCUT2D eigenvalue weighted by atomic mass is 35.5. The second-order valence-electron chi connectivity index (χ2n) is 5.66. The number of nitrogen functional groups attached to an aromatic ring is 1. The summed E-state index contributed by atoms with van der Waals surface area (Å²) in [5, 5.41) is 16.0. The zero-order valence-electron chi connectivity index (χ0n) is 11.6. The monoisotopic (exact) mass is 291 g/mol. The number of hydrogen-bond donors (Lipinski definition) is 2. The molecule has 3 rings (SSSR count). The average Bonchev–Trinajstić information content (AvgIpc) is 2.92. The Hall–Kier alpha value is -1.52. The Kier molecular flexibility index (Phi) is 3.03. The zero-order valence-corrected chi connectivity index (χ0v) is 12.4. The van der Waals surface area contributed by atoms with Gasteiger partial charge in [-0.3, -0.25) is 4.68 Å². The van der Waals surface area contributed by atoms with Crippen LogP contribution in [0.15, 0.2) is 24.4 Å². The molecule has 1 aliphatic carbocycles. The highest BCUT2D eigenvalue weighted by Crippen LogP contribution is 2.45. The number of anilines is 1. The Morgan fingerprint density at radius 1 is 1.45 bits per heavy atom. The summed E-state index contributed by atoms with van der Waals surface area (Å²) in [5.41, 5.74) is 8.10. The number of fused-ring (bicyclic) bond motifs is 1. The molecule has 20 heavy (non-hydrogen) atoms. The molecule has 106 valence electrons. The van der Waals surface area contributed by atoms with E-state index in [-0.39, 0.29) is 6.04 Å². The molecule has 0 fully saturated rings. The van der Waals surface area contributed by atoms with Crippen LogP contribution in [0, 0.1) is 0 Å². The van der Waals surface area contributed by atoms with Gasteiger partial charge >= 0.3 is 0 Å². The summed E-state index contributed by atoms with van der Waals surface area (Å²) in [4.78, 5) is 0.